The van der Waals surface area contributed by atoms with Crippen LogP contribution in [-0.2, 0) is 6.42 Å². The Morgan fingerprint density at radius 3 is 2.42 bits per heavy atom. The van der Waals surface area contributed by atoms with Crippen molar-refractivity contribution in [3.05, 3.63) is 28.5 Å². The molecule has 0 saturated heterocycles. The van der Waals surface area contributed by atoms with Gasteiger partial charge >= 0.3 is 0 Å². The molecule has 0 amide bonds. The number of nitriles is 1. The second-order valence-electron chi connectivity index (χ2n) is 3.79. The van der Waals surface area contributed by atoms with Crippen molar-refractivity contribution < 1.29 is 9.47 Å². The van der Waals surface area contributed by atoms with Crippen LogP contribution in [0.1, 0.15) is 5.69 Å². The van der Waals surface area contributed by atoms with Gasteiger partial charge in [-0.25, -0.2) is 4.98 Å². The number of benzene rings is 1. The average molecular weight is 322 g/mol. The Labute approximate surface area is 119 Å². The molecular weight excluding hydrogens is 310 g/mol. The maximum atomic E-state index is 8.73. The van der Waals surface area contributed by atoms with Gasteiger partial charge in [-0.05, 0) is 28.1 Å². The SMILES string of the molecule is COc1cc(OC)cc(-c2nc(Br)c(CC#N)[nH]2)c1. The maximum absolute atomic E-state index is 8.73. The number of hydrogen-bond acceptors (Lipinski definition) is 4. The van der Waals surface area contributed by atoms with Gasteiger partial charge < -0.3 is 14.5 Å². The third-order valence-electron chi connectivity index (χ3n) is 2.61. The van der Waals surface area contributed by atoms with Crippen LogP contribution in [0.3, 0.4) is 0 Å². The van der Waals surface area contributed by atoms with Gasteiger partial charge in [0, 0.05) is 11.6 Å². The predicted molar refractivity (Wildman–Crippen MR) is 74.1 cm³/mol. The number of hydrogen-bond donors (Lipinski definition) is 1. The zero-order chi connectivity index (χ0) is 13.8. The van der Waals surface area contributed by atoms with E-state index in [-0.39, 0.29) is 6.42 Å². The van der Waals surface area contributed by atoms with Crippen molar-refractivity contribution in [1.82, 2.24) is 9.97 Å². The molecular formula is C13H12BrN3O2. The smallest absolute Gasteiger partial charge is 0.139 e. The van der Waals surface area contributed by atoms with Gasteiger partial charge in [0.15, 0.2) is 0 Å². The number of halogens is 1. The lowest BCUT2D eigenvalue weighted by Gasteiger charge is -2.06. The van der Waals surface area contributed by atoms with Crippen LogP contribution < -0.4 is 9.47 Å². The standard InChI is InChI=1S/C13H12BrN3O2/c1-18-9-5-8(6-10(7-9)19-2)13-16-11(3-4-15)12(14)17-13/h5-7H,3H2,1-2H3,(H,16,17). The second kappa shape index (κ2) is 5.76. The highest BCUT2D eigenvalue weighted by atomic mass is 79.9. The van der Waals surface area contributed by atoms with Gasteiger partial charge in [-0.1, -0.05) is 0 Å². The van der Waals surface area contributed by atoms with Crippen LogP contribution in [0.25, 0.3) is 11.4 Å². The van der Waals surface area contributed by atoms with Crippen LogP contribution in [0.2, 0.25) is 0 Å². The molecule has 1 aromatic heterocycles. The van der Waals surface area contributed by atoms with Gasteiger partial charge in [-0.2, -0.15) is 5.26 Å². The van der Waals surface area contributed by atoms with Crippen LogP contribution >= 0.6 is 15.9 Å². The molecule has 98 valence electrons. The molecule has 0 radical (unpaired) electrons. The first kappa shape index (κ1) is 13.4. The van der Waals surface area contributed by atoms with E-state index in [0.717, 1.165) is 11.3 Å². The summed E-state index contributed by atoms with van der Waals surface area (Å²) >= 11 is 3.33. The molecule has 1 aromatic carbocycles. The first-order valence-corrected chi connectivity index (χ1v) is 6.32. The Morgan fingerprint density at radius 1 is 1.26 bits per heavy atom. The van der Waals surface area contributed by atoms with Crippen LogP contribution in [0.5, 0.6) is 11.5 Å². The van der Waals surface area contributed by atoms with E-state index in [1.165, 1.54) is 0 Å². The van der Waals surface area contributed by atoms with Gasteiger partial charge in [-0.3, -0.25) is 0 Å². The molecule has 2 rings (SSSR count). The van der Waals surface area contributed by atoms with Crippen LogP contribution in [0.4, 0.5) is 0 Å². The van der Waals surface area contributed by atoms with Crippen molar-refractivity contribution in [3.63, 3.8) is 0 Å². The number of ether oxygens (including phenoxy) is 2. The molecule has 19 heavy (non-hydrogen) atoms. The summed E-state index contributed by atoms with van der Waals surface area (Å²) in [5.41, 5.74) is 1.58. The van der Waals surface area contributed by atoms with E-state index in [1.54, 1.807) is 20.3 Å². The minimum atomic E-state index is 0.273. The fourth-order valence-electron chi connectivity index (χ4n) is 1.67. The average Bonchev–Trinajstić information content (AvgIpc) is 2.80. The summed E-state index contributed by atoms with van der Waals surface area (Å²) in [6, 6.07) is 7.58. The van der Waals surface area contributed by atoms with E-state index in [0.29, 0.717) is 21.9 Å². The molecule has 0 aliphatic heterocycles. The van der Waals surface area contributed by atoms with Gasteiger partial charge in [0.05, 0.1) is 32.4 Å². The second-order valence-corrected chi connectivity index (χ2v) is 4.54. The summed E-state index contributed by atoms with van der Waals surface area (Å²) < 4.78 is 11.1. The van der Waals surface area contributed by atoms with Crippen molar-refractivity contribution in [3.8, 4) is 29.0 Å². The summed E-state index contributed by atoms with van der Waals surface area (Å²) in [6.07, 6.45) is 0.273. The summed E-state index contributed by atoms with van der Waals surface area (Å²) in [6.45, 7) is 0. The number of rotatable bonds is 4. The van der Waals surface area contributed by atoms with E-state index < -0.39 is 0 Å². The molecule has 0 aliphatic rings. The monoisotopic (exact) mass is 321 g/mol. The minimum Gasteiger partial charge on any atom is -0.497 e. The number of imidazole rings is 1. The van der Waals surface area contributed by atoms with Gasteiger partial charge in [0.2, 0.25) is 0 Å². The molecule has 1 heterocycles. The lowest BCUT2D eigenvalue weighted by Crippen LogP contribution is -1.90. The quantitative estimate of drug-likeness (QED) is 0.939. The van der Waals surface area contributed by atoms with Crippen LogP contribution in [0.15, 0.2) is 22.8 Å². The Bertz CT molecular complexity index is 609. The van der Waals surface area contributed by atoms with Crippen LogP contribution in [-0.4, -0.2) is 24.2 Å². The number of methoxy groups -OCH3 is 2. The molecule has 0 spiro atoms. The molecule has 2 aromatic rings. The lowest BCUT2D eigenvalue weighted by atomic mass is 10.2. The molecule has 0 aliphatic carbocycles. The molecule has 0 fully saturated rings. The highest BCUT2D eigenvalue weighted by Gasteiger charge is 2.11. The van der Waals surface area contributed by atoms with Crippen molar-refractivity contribution in [1.29, 1.82) is 5.26 Å². The van der Waals surface area contributed by atoms with Gasteiger partial charge in [0.1, 0.15) is 21.9 Å². The third-order valence-corrected chi connectivity index (χ3v) is 3.26. The molecule has 5 nitrogen and oxygen atoms in total. The zero-order valence-electron chi connectivity index (χ0n) is 10.5. The van der Waals surface area contributed by atoms with Gasteiger partial charge in [-0.15, -0.1) is 0 Å². The van der Waals surface area contributed by atoms with E-state index in [2.05, 4.69) is 32.0 Å². The Balaban J connectivity index is 2.46. The van der Waals surface area contributed by atoms with E-state index in [9.17, 15) is 0 Å². The van der Waals surface area contributed by atoms with Crippen LogP contribution in [0, 0.1) is 11.3 Å². The van der Waals surface area contributed by atoms with Crippen molar-refractivity contribution in [2.75, 3.05) is 14.2 Å². The number of nitrogens with one attached hydrogen (secondary N) is 1. The van der Waals surface area contributed by atoms with E-state index in [1.807, 2.05) is 12.1 Å². The fraction of sp³-hybridized carbons (Fsp3) is 0.231. The molecule has 0 unspecified atom stereocenters. The molecule has 0 atom stereocenters. The normalized spacial score (nSPS) is 10.0. The topological polar surface area (TPSA) is 70.9 Å². The van der Waals surface area contributed by atoms with Crippen molar-refractivity contribution in [2.24, 2.45) is 0 Å². The zero-order valence-corrected chi connectivity index (χ0v) is 12.1. The largest absolute Gasteiger partial charge is 0.497 e. The van der Waals surface area contributed by atoms with Crippen molar-refractivity contribution in [2.45, 2.75) is 6.42 Å². The Kier molecular flexibility index (Phi) is 4.07. The Morgan fingerprint density at radius 2 is 1.89 bits per heavy atom. The summed E-state index contributed by atoms with van der Waals surface area (Å²) in [4.78, 5) is 7.46. The summed E-state index contributed by atoms with van der Waals surface area (Å²) in [7, 11) is 3.19. The number of aromatic amines is 1. The third kappa shape index (κ3) is 2.88. The van der Waals surface area contributed by atoms with Gasteiger partial charge in [0.25, 0.3) is 0 Å². The number of aromatic nitrogens is 2. The highest BCUT2D eigenvalue weighted by Crippen LogP contribution is 2.29. The maximum Gasteiger partial charge on any atom is 0.139 e. The molecule has 0 saturated carbocycles. The minimum absolute atomic E-state index is 0.273. The first-order chi connectivity index (χ1) is 9.17. The Hall–Kier alpha value is -2.00. The van der Waals surface area contributed by atoms with Crippen molar-refractivity contribution >= 4 is 15.9 Å². The molecule has 0 bridgehead atoms. The predicted octanol–water partition coefficient (Wildman–Crippen LogP) is 2.92. The lowest BCUT2D eigenvalue weighted by molar-refractivity contribution is 0.394. The first-order valence-electron chi connectivity index (χ1n) is 5.52. The molecule has 6 heteroatoms. The number of H-pyrrole nitrogens is 1. The highest BCUT2D eigenvalue weighted by molar-refractivity contribution is 9.10. The summed E-state index contributed by atoms with van der Waals surface area (Å²) in [5, 5.41) is 8.73. The number of nitrogens with zero attached hydrogens (tertiary/aromatic N) is 2. The van der Waals surface area contributed by atoms with E-state index in [4.69, 9.17) is 14.7 Å². The van der Waals surface area contributed by atoms with E-state index >= 15 is 0 Å². The molecule has 1 N–H and O–H groups in total. The summed E-state index contributed by atoms with van der Waals surface area (Å²) in [5.74, 6) is 2.03. The fourth-order valence-corrected chi connectivity index (χ4v) is 2.08.